The van der Waals surface area contributed by atoms with Crippen LogP contribution in [-0.4, -0.2) is 36.2 Å². The van der Waals surface area contributed by atoms with Gasteiger partial charge in [0.1, 0.15) is 11.4 Å². The van der Waals surface area contributed by atoms with Crippen molar-refractivity contribution in [1.82, 2.24) is 24.4 Å². The van der Waals surface area contributed by atoms with Crippen molar-refractivity contribution in [3.8, 4) is 0 Å². The van der Waals surface area contributed by atoms with E-state index in [2.05, 4.69) is 41.7 Å². The number of aryl methyl sites for hydroxylation is 2. The topological polar surface area (TPSA) is 106 Å². The number of carbonyl (C=O) groups excluding carboxylic acids is 2. The van der Waals surface area contributed by atoms with Crippen LogP contribution in [0.3, 0.4) is 0 Å². The van der Waals surface area contributed by atoms with Crippen molar-refractivity contribution in [3.63, 3.8) is 0 Å². The fraction of sp³-hybridized carbons (Fsp3) is 0.190. The molecular weight excluding hydrogens is 519 g/mol. The Morgan fingerprint density at radius 1 is 1.09 bits per heavy atom. The third-order valence-corrected chi connectivity index (χ3v) is 5.52. The highest BCUT2D eigenvalue weighted by Crippen LogP contribution is 2.32. The molecule has 176 valence electrons. The fourth-order valence-corrected chi connectivity index (χ4v) is 3.81. The number of benzene rings is 1. The predicted octanol–water partition coefficient (Wildman–Crippen LogP) is 4.54. The summed E-state index contributed by atoms with van der Waals surface area (Å²) in [7, 11) is 0. The van der Waals surface area contributed by atoms with Gasteiger partial charge in [-0.3, -0.25) is 14.3 Å². The van der Waals surface area contributed by atoms with Crippen LogP contribution in [0, 0.1) is 6.92 Å². The van der Waals surface area contributed by atoms with Crippen LogP contribution < -0.4 is 10.6 Å². The summed E-state index contributed by atoms with van der Waals surface area (Å²) in [5.41, 5.74) is -0.260. The Labute approximate surface area is 199 Å². The van der Waals surface area contributed by atoms with Gasteiger partial charge >= 0.3 is 6.18 Å². The summed E-state index contributed by atoms with van der Waals surface area (Å²) in [4.78, 5) is 29.4. The first-order valence-electron chi connectivity index (χ1n) is 9.96. The number of hydrogen-bond acceptors (Lipinski definition) is 5. The van der Waals surface area contributed by atoms with E-state index >= 15 is 0 Å². The Kier molecular flexibility index (Phi) is 6.13. The van der Waals surface area contributed by atoms with Gasteiger partial charge in [-0.05, 0) is 60.1 Å². The molecule has 0 saturated heterocycles. The zero-order valence-electron chi connectivity index (χ0n) is 17.8. The highest BCUT2D eigenvalue weighted by molar-refractivity contribution is 9.10. The molecule has 3 aromatic heterocycles. The van der Waals surface area contributed by atoms with Gasteiger partial charge in [0.15, 0.2) is 11.3 Å². The Morgan fingerprint density at radius 3 is 2.41 bits per heavy atom. The molecule has 34 heavy (non-hydrogen) atoms. The molecule has 2 amide bonds. The molecule has 4 aromatic rings. The van der Waals surface area contributed by atoms with Gasteiger partial charge in [0.05, 0.1) is 4.47 Å². The minimum absolute atomic E-state index is 0.0245. The van der Waals surface area contributed by atoms with E-state index in [1.165, 1.54) is 23.9 Å². The van der Waals surface area contributed by atoms with Crippen LogP contribution in [0.1, 0.15) is 39.3 Å². The second-order valence-electron chi connectivity index (χ2n) is 7.20. The van der Waals surface area contributed by atoms with Gasteiger partial charge in [0.25, 0.3) is 11.8 Å². The quantitative estimate of drug-likeness (QED) is 0.390. The molecule has 0 aliphatic rings. The SMILES string of the molecule is CCn1nccc1C(=O)Nc1cccc(NC(=O)c2nn3c(C(F)(F)F)cc(C)nc3c2Br)c1. The van der Waals surface area contributed by atoms with Gasteiger partial charge in [-0.25, -0.2) is 9.50 Å². The van der Waals surface area contributed by atoms with Crippen molar-refractivity contribution < 1.29 is 22.8 Å². The number of amides is 2. The lowest BCUT2D eigenvalue weighted by Gasteiger charge is -2.09. The average molecular weight is 536 g/mol. The minimum Gasteiger partial charge on any atom is -0.321 e. The number of aromatic nitrogens is 5. The van der Waals surface area contributed by atoms with E-state index in [1.54, 1.807) is 24.3 Å². The Balaban J connectivity index is 1.59. The van der Waals surface area contributed by atoms with Gasteiger partial charge in [-0.15, -0.1) is 0 Å². The molecule has 13 heteroatoms. The Morgan fingerprint density at radius 2 is 1.76 bits per heavy atom. The molecule has 3 heterocycles. The number of nitrogens with zero attached hydrogens (tertiary/aromatic N) is 5. The number of halogens is 4. The molecule has 0 unspecified atom stereocenters. The van der Waals surface area contributed by atoms with Gasteiger partial charge in [-0.2, -0.15) is 23.4 Å². The highest BCUT2D eigenvalue weighted by Gasteiger charge is 2.36. The van der Waals surface area contributed by atoms with Crippen molar-refractivity contribution in [1.29, 1.82) is 0 Å². The lowest BCUT2D eigenvalue weighted by molar-refractivity contribution is -0.142. The van der Waals surface area contributed by atoms with E-state index in [0.717, 1.165) is 6.07 Å². The van der Waals surface area contributed by atoms with Crippen LogP contribution in [-0.2, 0) is 12.7 Å². The summed E-state index contributed by atoms with van der Waals surface area (Å²) in [6.45, 7) is 3.79. The summed E-state index contributed by atoms with van der Waals surface area (Å²) in [6.07, 6.45) is -3.17. The van der Waals surface area contributed by atoms with Crippen molar-refractivity contribution in [3.05, 3.63) is 69.8 Å². The van der Waals surface area contributed by atoms with Crippen molar-refractivity contribution in [2.24, 2.45) is 0 Å². The number of hydrogen-bond donors (Lipinski definition) is 2. The third kappa shape index (κ3) is 4.51. The van der Waals surface area contributed by atoms with E-state index in [0.29, 0.717) is 28.1 Å². The number of anilines is 2. The van der Waals surface area contributed by atoms with E-state index in [-0.39, 0.29) is 27.4 Å². The average Bonchev–Trinajstić information content (AvgIpc) is 3.38. The summed E-state index contributed by atoms with van der Waals surface area (Å²) >= 11 is 3.14. The van der Waals surface area contributed by atoms with Gasteiger partial charge in [-0.1, -0.05) is 6.07 Å². The molecule has 0 bridgehead atoms. The first-order valence-corrected chi connectivity index (χ1v) is 10.8. The molecule has 0 aliphatic carbocycles. The maximum atomic E-state index is 13.4. The number of alkyl halides is 3. The third-order valence-electron chi connectivity index (χ3n) is 4.79. The second kappa shape index (κ2) is 8.89. The number of nitrogens with one attached hydrogen (secondary N) is 2. The first kappa shape index (κ1) is 23.4. The molecule has 1 aromatic carbocycles. The van der Waals surface area contributed by atoms with Crippen LogP contribution in [0.4, 0.5) is 24.5 Å². The van der Waals surface area contributed by atoms with Crippen LogP contribution >= 0.6 is 15.9 Å². The zero-order valence-corrected chi connectivity index (χ0v) is 19.4. The Bertz CT molecular complexity index is 1410. The van der Waals surface area contributed by atoms with Crippen molar-refractivity contribution in [2.45, 2.75) is 26.6 Å². The summed E-state index contributed by atoms with van der Waals surface area (Å²) < 4.78 is 42.5. The van der Waals surface area contributed by atoms with E-state index in [1.807, 2.05) is 6.92 Å². The summed E-state index contributed by atoms with van der Waals surface area (Å²) in [5.74, 6) is -1.14. The van der Waals surface area contributed by atoms with Crippen LogP contribution in [0.15, 0.2) is 47.1 Å². The molecule has 0 radical (unpaired) electrons. The number of rotatable bonds is 5. The van der Waals surface area contributed by atoms with Crippen molar-refractivity contribution in [2.75, 3.05) is 10.6 Å². The minimum atomic E-state index is -4.69. The van der Waals surface area contributed by atoms with Gasteiger partial charge in [0, 0.05) is 29.8 Å². The Hall–Kier alpha value is -3.74. The number of carbonyl (C=O) groups is 2. The fourth-order valence-electron chi connectivity index (χ4n) is 3.30. The van der Waals surface area contributed by atoms with Crippen LogP contribution in [0.2, 0.25) is 0 Å². The van der Waals surface area contributed by atoms with E-state index < -0.39 is 17.8 Å². The maximum absolute atomic E-state index is 13.4. The molecule has 0 saturated carbocycles. The molecule has 0 spiro atoms. The predicted molar refractivity (Wildman–Crippen MR) is 121 cm³/mol. The molecule has 4 rings (SSSR count). The number of fused-ring (bicyclic) bond motifs is 1. The standard InChI is InChI=1S/C21H17BrF3N7O2/c1-3-31-14(7-8-26-31)19(33)28-12-5-4-6-13(10-12)29-20(34)17-16(22)18-27-11(2)9-15(21(23,24)25)32(18)30-17/h4-10H,3H2,1-2H3,(H,28,33)(H,29,34). The largest absolute Gasteiger partial charge is 0.433 e. The van der Waals surface area contributed by atoms with Crippen LogP contribution in [0.25, 0.3) is 5.65 Å². The summed E-state index contributed by atoms with van der Waals surface area (Å²) in [5, 5.41) is 13.2. The molecule has 0 atom stereocenters. The van der Waals surface area contributed by atoms with E-state index in [9.17, 15) is 22.8 Å². The molecule has 0 fully saturated rings. The van der Waals surface area contributed by atoms with Gasteiger partial charge < -0.3 is 10.6 Å². The molecule has 2 N–H and O–H groups in total. The lowest BCUT2D eigenvalue weighted by atomic mass is 10.2. The second-order valence-corrected chi connectivity index (χ2v) is 7.99. The monoisotopic (exact) mass is 535 g/mol. The molecule has 9 nitrogen and oxygen atoms in total. The first-order chi connectivity index (χ1) is 16.1. The maximum Gasteiger partial charge on any atom is 0.433 e. The smallest absolute Gasteiger partial charge is 0.321 e. The lowest BCUT2D eigenvalue weighted by Crippen LogP contribution is -2.18. The molecular formula is C21H17BrF3N7O2. The molecule has 0 aliphatic heterocycles. The van der Waals surface area contributed by atoms with Crippen LogP contribution in [0.5, 0.6) is 0 Å². The van der Waals surface area contributed by atoms with E-state index in [4.69, 9.17) is 0 Å². The zero-order chi connectivity index (χ0) is 24.6. The highest BCUT2D eigenvalue weighted by atomic mass is 79.9. The normalized spacial score (nSPS) is 11.6. The van der Waals surface area contributed by atoms with Crippen molar-refractivity contribution >= 4 is 44.8 Å². The summed E-state index contributed by atoms with van der Waals surface area (Å²) in [6, 6.07) is 8.74. The van der Waals surface area contributed by atoms with Gasteiger partial charge in [0.2, 0.25) is 0 Å².